The lowest BCUT2D eigenvalue weighted by Gasteiger charge is -2.32. The molecule has 7 heteroatoms. The van der Waals surface area contributed by atoms with Gasteiger partial charge in [0.2, 0.25) is 5.91 Å². The van der Waals surface area contributed by atoms with E-state index in [0.717, 1.165) is 17.9 Å². The van der Waals surface area contributed by atoms with Crippen LogP contribution in [0.5, 0.6) is 0 Å². The van der Waals surface area contributed by atoms with Crippen LogP contribution in [0.4, 0.5) is 8.78 Å². The number of methoxy groups -OCH3 is 1. The Morgan fingerprint density at radius 2 is 2.25 bits per heavy atom. The van der Waals surface area contributed by atoms with Crippen LogP contribution in [0.2, 0.25) is 0 Å². The van der Waals surface area contributed by atoms with E-state index in [4.69, 9.17) is 4.74 Å². The molecule has 0 aromatic heterocycles. The number of hydrogen-bond acceptors (Lipinski definition) is 3. The van der Waals surface area contributed by atoms with Crippen LogP contribution in [0.25, 0.3) is 0 Å². The molecular formula is C9H17ClF2N2O2. The van der Waals surface area contributed by atoms with Crippen LogP contribution in [-0.2, 0) is 9.53 Å². The Bertz CT molecular complexity index is 216. The summed E-state index contributed by atoms with van der Waals surface area (Å²) in [5.74, 6) is -0.251. The molecule has 1 rings (SSSR count). The van der Waals surface area contributed by atoms with Gasteiger partial charge >= 0.3 is 0 Å². The molecular weight excluding hydrogens is 242 g/mol. The molecule has 4 nitrogen and oxygen atoms in total. The third-order valence-electron chi connectivity index (χ3n) is 2.36. The number of nitrogens with one attached hydrogen (secondary N) is 1. The summed E-state index contributed by atoms with van der Waals surface area (Å²) in [6, 6.07) is -0.277. The van der Waals surface area contributed by atoms with Crippen molar-refractivity contribution in [1.82, 2.24) is 10.2 Å². The summed E-state index contributed by atoms with van der Waals surface area (Å²) in [5, 5.41) is 2.90. The van der Waals surface area contributed by atoms with E-state index in [-0.39, 0.29) is 37.5 Å². The summed E-state index contributed by atoms with van der Waals surface area (Å²) in [6.07, 6.45) is -1.77. The lowest BCUT2D eigenvalue weighted by Crippen LogP contribution is -2.55. The van der Waals surface area contributed by atoms with E-state index in [2.05, 4.69) is 5.32 Å². The van der Waals surface area contributed by atoms with Crippen molar-refractivity contribution in [2.45, 2.75) is 18.9 Å². The zero-order chi connectivity index (χ0) is 11.3. The third kappa shape index (κ3) is 4.59. The molecule has 1 fully saturated rings. The minimum atomic E-state index is -2.49. The molecule has 0 aliphatic carbocycles. The van der Waals surface area contributed by atoms with Crippen molar-refractivity contribution < 1.29 is 18.3 Å². The zero-order valence-corrected chi connectivity index (χ0v) is 9.93. The number of nitrogens with zero attached hydrogens (tertiary/aromatic N) is 1. The van der Waals surface area contributed by atoms with E-state index < -0.39 is 13.0 Å². The largest absolute Gasteiger partial charge is 0.383 e. The molecule has 1 N–H and O–H groups in total. The van der Waals surface area contributed by atoms with Gasteiger partial charge in [0, 0.05) is 13.7 Å². The van der Waals surface area contributed by atoms with E-state index in [1.54, 1.807) is 0 Å². The number of ether oxygens (including phenoxy) is 1. The summed E-state index contributed by atoms with van der Waals surface area (Å²) >= 11 is 0. The van der Waals surface area contributed by atoms with Gasteiger partial charge in [-0.2, -0.15) is 0 Å². The van der Waals surface area contributed by atoms with E-state index in [1.807, 2.05) is 0 Å². The standard InChI is InChI=1S/C9H16F2N2O2.ClH/c1-15-5-4-13(6-8(10)11)9(14)7-2-3-12-7;/h7-8,12H,2-6H2,1H3;1H/t7-;/m1./s1. The molecule has 1 atom stereocenters. The molecule has 1 aliphatic rings. The van der Waals surface area contributed by atoms with Gasteiger partial charge in [-0.1, -0.05) is 0 Å². The summed E-state index contributed by atoms with van der Waals surface area (Å²) in [7, 11) is 1.48. The van der Waals surface area contributed by atoms with Gasteiger partial charge in [-0.3, -0.25) is 4.79 Å². The highest BCUT2D eigenvalue weighted by Crippen LogP contribution is 2.08. The Hall–Kier alpha value is -0.460. The highest BCUT2D eigenvalue weighted by Gasteiger charge is 2.29. The Labute approximate surface area is 99.7 Å². The molecule has 0 spiro atoms. The number of carbonyl (C=O) groups excluding carboxylic acids is 1. The molecule has 0 unspecified atom stereocenters. The van der Waals surface area contributed by atoms with Crippen molar-refractivity contribution >= 4 is 18.3 Å². The predicted molar refractivity (Wildman–Crippen MR) is 58.1 cm³/mol. The molecule has 0 radical (unpaired) electrons. The van der Waals surface area contributed by atoms with Crippen LogP contribution in [0.1, 0.15) is 6.42 Å². The Kier molecular flexibility index (Phi) is 7.53. The van der Waals surface area contributed by atoms with Gasteiger partial charge in [0.1, 0.15) is 0 Å². The number of hydrogen-bond donors (Lipinski definition) is 1. The van der Waals surface area contributed by atoms with Crippen molar-refractivity contribution in [1.29, 1.82) is 0 Å². The summed E-state index contributed by atoms with van der Waals surface area (Å²) < 4.78 is 29.2. The van der Waals surface area contributed by atoms with E-state index in [9.17, 15) is 13.6 Å². The quantitative estimate of drug-likeness (QED) is 0.755. The Morgan fingerprint density at radius 3 is 2.62 bits per heavy atom. The second kappa shape index (κ2) is 7.76. The average Bonchev–Trinajstić information content (AvgIpc) is 2.08. The van der Waals surface area contributed by atoms with Gasteiger partial charge in [0.15, 0.2) is 0 Å². The Morgan fingerprint density at radius 1 is 1.62 bits per heavy atom. The monoisotopic (exact) mass is 258 g/mol. The average molecular weight is 259 g/mol. The number of rotatable bonds is 6. The molecule has 0 bridgehead atoms. The van der Waals surface area contributed by atoms with Gasteiger partial charge in [0.25, 0.3) is 6.43 Å². The van der Waals surface area contributed by atoms with E-state index in [1.165, 1.54) is 7.11 Å². The third-order valence-corrected chi connectivity index (χ3v) is 2.36. The number of halogens is 3. The maximum Gasteiger partial charge on any atom is 0.255 e. The first-order chi connectivity index (χ1) is 7.15. The SMILES string of the molecule is COCCN(CC(F)F)C(=O)[C@H]1CCN1.Cl. The molecule has 1 aliphatic heterocycles. The fourth-order valence-electron chi connectivity index (χ4n) is 1.38. The molecule has 1 heterocycles. The van der Waals surface area contributed by atoms with Gasteiger partial charge in [-0.05, 0) is 13.0 Å². The number of alkyl halides is 2. The van der Waals surface area contributed by atoms with Crippen molar-refractivity contribution in [2.75, 3.05) is 33.4 Å². The minimum Gasteiger partial charge on any atom is -0.383 e. The maximum atomic E-state index is 12.2. The predicted octanol–water partition coefficient (Wildman–Crippen LogP) is 0.510. The highest BCUT2D eigenvalue weighted by molar-refractivity contribution is 5.85. The van der Waals surface area contributed by atoms with Crippen LogP contribution in [0.15, 0.2) is 0 Å². The number of carbonyl (C=O) groups is 1. The second-order valence-electron chi connectivity index (χ2n) is 3.46. The van der Waals surface area contributed by atoms with Crippen LogP contribution < -0.4 is 5.32 Å². The van der Waals surface area contributed by atoms with Crippen molar-refractivity contribution in [2.24, 2.45) is 0 Å². The first-order valence-electron chi connectivity index (χ1n) is 4.94. The first kappa shape index (κ1) is 15.5. The fraction of sp³-hybridized carbons (Fsp3) is 0.889. The van der Waals surface area contributed by atoms with Gasteiger partial charge < -0.3 is 15.0 Å². The van der Waals surface area contributed by atoms with E-state index >= 15 is 0 Å². The van der Waals surface area contributed by atoms with Crippen LogP contribution >= 0.6 is 12.4 Å². The zero-order valence-electron chi connectivity index (χ0n) is 9.12. The summed E-state index contributed by atoms with van der Waals surface area (Å²) in [4.78, 5) is 12.8. The van der Waals surface area contributed by atoms with Gasteiger partial charge in [-0.25, -0.2) is 8.78 Å². The van der Waals surface area contributed by atoms with E-state index in [0.29, 0.717) is 0 Å². The van der Waals surface area contributed by atoms with Crippen LogP contribution in [0.3, 0.4) is 0 Å². The van der Waals surface area contributed by atoms with Crippen LogP contribution in [0, 0.1) is 0 Å². The molecule has 16 heavy (non-hydrogen) atoms. The van der Waals surface area contributed by atoms with Crippen molar-refractivity contribution in [3.63, 3.8) is 0 Å². The number of amides is 1. The van der Waals surface area contributed by atoms with Crippen molar-refractivity contribution in [3.8, 4) is 0 Å². The molecule has 96 valence electrons. The molecule has 1 amide bonds. The topological polar surface area (TPSA) is 41.6 Å². The fourth-order valence-corrected chi connectivity index (χ4v) is 1.38. The molecule has 1 saturated heterocycles. The minimum absolute atomic E-state index is 0. The molecule has 0 aromatic rings. The summed E-state index contributed by atoms with van der Waals surface area (Å²) in [5.41, 5.74) is 0. The Balaban J connectivity index is 0.00000225. The maximum absolute atomic E-state index is 12.2. The molecule has 0 aromatic carbocycles. The lowest BCUT2D eigenvalue weighted by molar-refractivity contribution is -0.137. The first-order valence-corrected chi connectivity index (χ1v) is 4.94. The highest BCUT2D eigenvalue weighted by atomic mass is 35.5. The summed E-state index contributed by atoms with van der Waals surface area (Å²) in [6.45, 7) is 0.770. The normalized spacial score (nSPS) is 18.9. The lowest BCUT2D eigenvalue weighted by atomic mass is 10.1. The second-order valence-corrected chi connectivity index (χ2v) is 3.46. The van der Waals surface area contributed by atoms with Gasteiger partial charge in [0.05, 0.1) is 19.2 Å². The van der Waals surface area contributed by atoms with Gasteiger partial charge in [-0.15, -0.1) is 12.4 Å². The smallest absolute Gasteiger partial charge is 0.255 e. The molecule has 0 saturated carbocycles. The van der Waals surface area contributed by atoms with Crippen LogP contribution in [-0.4, -0.2) is 56.6 Å². The van der Waals surface area contributed by atoms with Crippen molar-refractivity contribution in [3.05, 3.63) is 0 Å².